The zero-order valence-corrected chi connectivity index (χ0v) is 9.98. The average molecular weight is 228 g/mol. The first-order valence-electron chi connectivity index (χ1n) is 5.93. The average Bonchev–Trinajstić information content (AvgIpc) is 2.36. The number of fused-ring (bicyclic) bond motifs is 1. The van der Waals surface area contributed by atoms with Crippen molar-refractivity contribution in [3.05, 3.63) is 48.0 Å². The molecule has 0 spiro atoms. The number of rotatable bonds is 4. The van der Waals surface area contributed by atoms with Crippen LogP contribution in [0.5, 0.6) is 0 Å². The highest BCUT2D eigenvalue weighted by Gasteiger charge is 2.04. The molecule has 0 aromatic heterocycles. The van der Waals surface area contributed by atoms with E-state index < -0.39 is 0 Å². The lowest BCUT2D eigenvalue weighted by Gasteiger charge is -2.04. The van der Waals surface area contributed by atoms with E-state index in [0.29, 0.717) is 13.0 Å². The Morgan fingerprint density at radius 3 is 2.65 bits per heavy atom. The standard InChI is InChI=1S/C15H16O2/c1-2-9-17-15(16)11-12-7-8-13-5-3-4-6-14(13)10-12/h3-8,10H,2,9,11H2,1H3. The van der Waals surface area contributed by atoms with E-state index in [1.807, 2.05) is 37.3 Å². The molecule has 2 aromatic rings. The van der Waals surface area contributed by atoms with Gasteiger partial charge in [-0.1, -0.05) is 49.4 Å². The van der Waals surface area contributed by atoms with Gasteiger partial charge in [-0.15, -0.1) is 0 Å². The number of benzene rings is 2. The van der Waals surface area contributed by atoms with E-state index in [4.69, 9.17) is 4.74 Å². The monoisotopic (exact) mass is 228 g/mol. The minimum absolute atomic E-state index is 0.151. The molecule has 0 heterocycles. The molecule has 2 aromatic carbocycles. The lowest BCUT2D eigenvalue weighted by Crippen LogP contribution is -2.08. The van der Waals surface area contributed by atoms with Crippen LogP contribution in [0, 0.1) is 0 Å². The molecule has 2 nitrogen and oxygen atoms in total. The molecule has 0 fully saturated rings. The van der Waals surface area contributed by atoms with Crippen LogP contribution in [0.15, 0.2) is 42.5 Å². The van der Waals surface area contributed by atoms with Crippen molar-refractivity contribution in [2.45, 2.75) is 19.8 Å². The summed E-state index contributed by atoms with van der Waals surface area (Å²) in [5, 5.41) is 2.35. The van der Waals surface area contributed by atoms with Gasteiger partial charge in [0, 0.05) is 0 Å². The summed E-state index contributed by atoms with van der Waals surface area (Å²) in [5.41, 5.74) is 1.00. The molecule has 0 N–H and O–H groups in total. The molecular weight excluding hydrogens is 212 g/mol. The highest BCUT2D eigenvalue weighted by atomic mass is 16.5. The molecule has 0 bridgehead atoms. The summed E-state index contributed by atoms with van der Waals surface area (Å²) < 4.78 is 5.07. The van der Waals surface area contributed by atoms with E-state index in [2.05, 4.69) is 12.1 Å². The number of ether oxygens (including phenoxy) is 1. The van der Waals surface area contributed by atoms with Crippen molar-refractivity contribution in [3.8, 4) is 0 Å². The molecule has 0 aliphatic carbocycles. The Balaban J connectivity index is 2.11. The van der Waals surface area contributed by atoms with Crippen LogP contribution in [0.1, 0.15) is 18.9 Å². The molecule has 0 amide bonds. The summed E-state index contributed by atoms with van der Waals surface area (Å²) in [6.45, 7) is 2.50. The van der Waals surface area contributed by atoms with Crippen molar-refractivity contribution in [1.82, 2.24) is 0 Å². The maximum Gasteiger partial charge on any atom is 0.310 e. The van der Waals surface area contributed by atoms with Gasteiger partial charge >= 0.3 is 5.97 Å². The van der Waals surface area contributed by atoms with E-state index in [1.54, 1.807) is 0 Å². The molecule has 0 saturated carbocycles. The van der Waals surface area contributed by atoms with Crippen LogP contribution in [0.25, 0.3) is 10.8 Å². The van der Waals surface area contributed by atoms with Gasteiger partial charge in [0.1, 0.15) is 0 Å². The highest BCUT2D eigenvalue weighted by Crippen LogP contribution is 2.16. The molecule has 0 radical (unpaired) electrons. The van der Waals surface area contributed by atoms with Crippen molar-refractivity contribution < 1.29 is 9.53 Å². The Bertz CT molecular complexity index is 517. The molecule has 0 atom stereocenters. The van der Waals surface area contributed by atoms with Crippen molar-refractivity contribution in [2.24, 2.45) is 0 Å². The van der Waals surface area contributed by atoms with Gasteiger partial charge in [0.2, 0.25) is 0 Å². The molecule has 2 heteroatoms. The minimum Gasteiger partial charge on any atom is -0.465 e. The Morgan fingerprint density at radius 2 is 1.88 bits per heavy atom. The summed E-state index contributed by atoms with van der Waals surface area (Å²) in [4.78, 5) is 11.5. The van der Waals surface area contributed by atoms with Crippen LogP contribution >= 0.6 is 0 Å². The van der Waals surface area contributed by atoms with Crippen molar-refractivity contribution >= 4 is 16.7 Å². The number of esters is 1. The van der Waals surface area contributed by atoms with Crippen LogP contribution in [0.2, 0.25) is 0 Å². The highest BCUT2D eigenvalue weighted by molar-refractivity contribution is 5.84. The fraction of sp³-hybridized carbons (Fsp3) is 0.267. The molecule has 0 aliphatic heterocycles. The first-order chi connectivity index (χ1) is 8.29. The number of carbonyl (C=O) groups is 1. The fourth-order valence-electron chi connectivity index (χ4n) is 1.78. The summed E-state index contributed by atoms with van der Waals surface area (Å²) in [5.74, 6) is -0.151. The fourth-order valence-corrected chi connectivity index (χ4v) is 1.78. The SMILES string of the molecule is CCCOC(=O)Cc1ccc2ccccc2c1. The van der Waals surface area contributed by atoms with E-state index in [0.717, 1.165) is 17.4 Å². The van der Waals surface area contributed by atoms with Crippen molar-refractivity contribution in [3.63, 3.8) is 0 Å². The summed E-state index contributed by atoms with van der Waals surface area (Å²) in [7, 11) is 0. The quantitative estimate of drug-likeness (QED) is 0.750. The number of hydrogen-bond donors (Lipinski definition) is 0. The van der Waals surface area contributed by atoms with Crippen LogP contribution in [-0.2, 0) is 16.0 Å². The number of hydrogen-bond acceptors (Lipinski definition) is 2. The zero-order valence-electron chi connectivity index (χ0n) is 9.98. The summed E-state index contributed by atoms with van der Waals surface area (Å²) in [6.07, 6.45) is 1.22. The smallest absolute Gasteiger partial charge is 0.310 e. The predicted octanol–water partition coefficient (Wildman–Crippen LogP) is 3.34. The molecule has 0 saturated heterocycles. The Kier molecular flexibility index (Phi) is 3.76. The topological polar surface area (TPSA) is 26.3 Å². The second kappa shape index (κ2) is 5.48. The van der Waals surface area contributed by atoms with Gasteiger partial charge in [0.25, 0.3) is 0 Å². The number of carbonyl (C=O) groups excluding carboxylic acids is 1. The first-order valence-corrected chi connectivity index (χ1v) is 5.93. The largest absolute Gasteiger partial charge is 0.465 e. The third-order valence-electron chi connectivity index (χ3n) is 2.63. The Morgan fingerprint density at radius 1 is 1.12 bits per heavy atom. The molecule has 88 valence electrons. The predicted molar refractivity (Wildman–Crippen MR) is 68.9 cm³/mol. The first kappa shape index (κ1) is 11.6. The third kappa shape index (κ3) is 3.06. The van der Waals surface area contributed by atoms with E-state index >= 15 is 0 Å². The van der Waals surface area contributed by atoms with Crippen LogP contribution in [0.4, 0.5) is 0 Å². The molecule has 2 rings (SSSR count). The van der Waals surface area contributed by atoms with Gasteiger partial charge in [-0.3, -0.25) is 4.79 Å². The van der Waals surface area contributed by atoms with Gasteiger partial charge in [0.05, 0.1) is 13.0 Å². The van der Waals surface area contributed by atoms with Crippen LogP contribution < -0.4 is 0 Å². The summed E-state index contributed by atoms with van der Waals surface area (Å²) in [6, 6.07) is 14.2. The van der Waals surface area contributed by atoms with Gasteiger partial charge in [-0.05, 0) is 22.8 Å². The summed E-state index contributed by atoms with van der Waals surface area (Å²) >= 11 is 0. The molecular formula is C15H16O2. The molecule has 0 unspecified atom stereocenters. The zero-order chi connectivity index (χ0) is 12.1. The van der Waals surface area contributed by atoms with Crippen molar-refractivity contribution in [2.75, 3.05) is 6.61 Å². The second-order valence-corrected chi connectivity index (χ2v) is 4.08. The van der Waals surface area contributed by atoms with Gasteiger partial charge < -0.3 is 4.74 Å². The Labute approximate surface area is 101 Å². The minimum atomic E-state index is -0.151. The Hall–Kier alpha value is -1.83. The van der Waals surface area contributed by atoms with E-state index in [-0.39, 0.29) is 5.97 Å². The maximum absolute atomic E-state index is 11.5. The van der Waals surface area contributed by atoms with E-state index in [9.17, 15) is 4.79 Å². The normalized spacial score (nSPS) is 10.4. The molecule has 17 heavy (non-hydrogen) atoms. The van der Waals surface area contributed by atoms with Crippen LogP contribution in [-0.4, -0.2) is 12.6 Å². The van der Waals surface area contributed by atoms with Crippen molar-refractivity contribution in [1.29, 1.82) is 0 Å². The lowest BCUT2D eigenvalue weighted by molar-refractivity contribution is -0.142. The van der Waals surface area contributed by atoms with E-state index in [1.165, 1.54) is 5.39 Å². The van der Waals surface area contributed by atoms with Crippen LogP contribution in [0.3, 0.4) is 0 Å². The molecule has 0 aliphatic rings. The van der Waals surface area contributed by atoms with Gasteiger partial charge in [-0.25, -0.2) is 0 Å². The van der Waals surface area contributed by atoms with Gasteiger partial charge in [0.15, 0.2) is 0 Å². The maximum atomic E-state index is 11.5. The lowest BCUT2D eigenvalue weighted by atomic mass is 10.1. The second-order valence-electron chi connectivity index (χ2n) is 4.08. The van der Waals surface area contributed by atoms with Gasteiger partial charge in [-0.2, -0.15) is 0 Å². The third-order valence-corrected chi connectivity index (χ3v) is 2.63.